The fourth-order valence-electron chi connectivity index (χ4n) is 4.32. The number of rotatable bonds is 8. The summed E-state index contributed by atoms with van der Waals surface area (Å²) in [6, 6.07) is 8.40. The number of hydrogen-bond acceptors (Lipinski definition) is 8. The first-order valence-electron chi connectivity index (χ1n) is 12.6. The van der Waals surface area contributed by atoms with Crippen LogP contribution in [-0.2, 0) is 15.7 Å². The number of para-hydroxylation sites is 1. The molecular weight excluding hydrogens is 515 g/mol. The number of benzene rings is 1. The van der Waals surface area contributed by atoms with Gasteiger partial charge in [0.1, 0.15) is 23.2 Å². The first-order chi connectivity index (χ1) is 18.7. The highest BCUT2D eigenvalue weighted by Crippen LogP contribution is 2.37. The lowest BCUT2D eigenvalue weighted by atomic mass is 10.0. The molecule has 1 aliphatic heterocycles. The summed E-state index contributed by atoms with van der Waals surface area (Å²) in [6.07, 6.45) is 0.457. The predicted molar refractivity (Wildman–Crippen MR) is 137 cm³/mol. The van der Waals surface area contributed by atoms with Crippen LogP contribution in [0.3, 0.4) is 0 Å². The molecule has 1 saturated heterocycles. The number of pyridine rings is 2. The van der Waals surface area contributed by atoms with E-state index in [-0.39, 0.29) is 30.1 Å². The van der Waals surface area contributed by atoms with Crippen LogP contribution in [-0.4, -0.2) is 54.3 Å². The Bertz CT molecular complexity index is 1320. The Hall–Kier alpha value is -4.15. The van der Waals surface area contributed by atoms with Gasteiger partial charge in [-0.1, -0.05) is 12.1 Å². The van der Waals surface area contributed by atoms with Crippen LogP contribution in [0.25, 0.3) is 11.1 Å². The van der Waals surface area contributed by atoms with E-state index < -0.39 is 29.8 Å². The minimum atomic E-state index is -4.51. The number of nitrogens with zero attached hydrogens (tertiary/aromatic N) is 3. The van der Waals surface area contributed by atoms with Crippen LogP contribution in [0.15, 0.2) is 55.0 Å². The minimum Gasteiger partial charge on any atom is -0.490 e. The Kier molecular flexibility index (Phi) is 8.68. The molecule has 0 N–H and O–H groups in total. The van der Waals surface area contributed by atoms with E-state index in [0.29, 0.717) is 42.9 Å². The number of hydrogen-bond donors (Lipinski definition) is 0. The van der Waals surface area contributed by atoms with Crippen LogP contribution in [0, 0.1) is 0 Å². The van der Waals surface area contributed by atoms with Crippen molar-refractivity contribution in [2.45, 2.75) is 39.0 Å². The maximum absolute atomic E-state index is 13.4. The molecule has 206 valence electrons. The maximum atomic E-state index is 13.4. The second-order valence-electron chi connectivity index (χ2n) is 8.80. The van der Waals surface area contributed by atoms with E-state index in [1.54, 1.807) is 38.4 Å². The number of halogens is 3. The minimum absolute atomic E-state index is 0.164. The Balaban J connectivity index is 1.54. The van der Waals surface area contributed by atoms with Crippen molar-refractivity contribution in [2.75, 3.05) is 31.2 Å². The van der Waals surface area contributed by atoms with Crippen molar-refractivity contribution in [3.63, 3.8) is 0 Å². The number of esters is 2. The van der Waals surface area contributed by atoms with Gasteiger partial charge in [-0.25, -0.2) is 14.6 Å². The van der Waals surface area contributed by atoms with Crippen LogP contribution in [0.4, 0.5) is 19.0 Å². The second-order valence-corrected chi connectivity index (χ2v) is 8.80. The first kappa shape index (κ1) is 27.9. The van der Waals surface area contributed by atoms with E-state index in [4.69, 9.17) is 14.2 Å². The van der Waals surface area contributed by atoms with Gasteiger partial charge in [0.05, 0.1) is 24.3 Å². The number of carbonyl (C=O) groups excluding carboxylic acids is 2. The highest BCUT2D eigenvalue weighted by molar-refractivity contribution is 5.96. The molecule has 0 amide bonds. The summed E-state index contributed by atoms with van der Waals surface area (Å²) in [6.45, 7) is 4.62. The van der Waals surface area contributed by atoms with Gasteiger partial charge in [0.2, 0.25) is 0 Å². The predicted octanol–water partition coefficient (Wildman–Crippen LogP) is 5.56. The second kappa shape index (κ2) is 12.1. The van der Waals surface area contributed by atoms with E-state index in [1.165, 1.54) is 24.4 Å². The molecule has 11 heteroatoms. The molecule has 1 aliphatic rings. The van der Waals surface area contributed by atoms with Gasteiger partial charge in [-0.2, -0.15) is 13.2 Å². The molecule has 1 fully saturated rings. The Morgan fingerprint density at radius 3 is 2.31 bits per heavy atom. The van der Waals surface area contributed by atoms with Gasteiger partial charge >= 0.3 is 18.1 Å². The van der Waals surface area contributed by atoms with E-state index >= 15 is 0 Å². The van der Waals surface area contributed by atoms with Crippen molar-refractivity contribution in [3.05, 3.63) is 71.7 Å². The van der Waals surface area contributed by atoms with Crippen LogP contribution >= 0.6 is 0 Å². The Morgan fingerprint density at radius 2 is 1.62 bits per heavy atom. The number of alkyl halides is 3. The summed E-state index contributed by atoms with van der Waals surface area (Å²) in [5.74, 6) is -0.864. The van der Waals surface area contributed by atoms with Crippen molar-refractivity contribution in [2.24, 2.45) is 0 Å². The number of piperidine rings is 1. The third-order valence-electron chi connectivity index (χ3n) is 6.17. The first-order valence-corrected chi connectivity index (χ1v) is 12.6. The van der Waals surface area contributed by atoms with Crippen LogP contribution in [0.1, 0.15) is 53.0 Å². The lowest BCUT2D eigenvalue weighted by Crippen LogP contribution is -2.39. The fourth-order valence-corrected chi connectivity index (χ4v) is 4.32. The summed E-state index contributed by atoms with van der Waals surface area (Å²) >= 11 is 0. The summed E-state index contributed by atoms with van der Waals surface area (Å²) in [5, 5.41) is 0. The van der Waals surface area contributed by atoms with Crippen LogP contribution in [0.2, 0.25) is 0 Å². The molecule has 0 saturated carbocycles. The van der Waals surface area contributed by atoms with Crippen molar-refractivity contribution in [1.82, 2.24) is 9.97 Å². The summed E-state index contributed by atoms with van der Waals surface area (Å²) < 4.78 is 56.1. The highest BCUT2D eigenvalue weighted by Gasteiger charge is 2.35. The summed E-state index contributed by atoms with van der Waals surface area (Å²) in [5.41, 5.74) is 0.821. The maximum Gasteiger partial charge on any atom is 0.419 e. The summed E-state index contributed by atoms with van der Waals surface area (Å²) in [4.78, 5) is 35.6. The highest BCUT2D eigenvalue weighted by atomic mass is 19.4. The average Bonchev–Trinajstić information content (AvgIpc) is 2.93. The van der Waals surface area contributed by atoms with Gasteiger partial charge in [-0.3, -0.25) is 4.98 Å². The van der Waals surface area contributed by atoms with Gasteiger partial charge in [0, 0.05) is 55.6 Å². The molecule has 3 heterocycles. The lowest BCUT2D eigenvalue weighted by Gasteiger charge is -2.34. The zero-order valence-corrected chi connectivity index (χ0v) is 21.5. The number of carbonyl (C=O) groups is 2. The van der Waals surface area contributed by atoms with Gasteiger partial charge in [-0.15, -0.1) is 0 Å². The van der Waals surface area contributed by atoms with Gasteiger partial charge in [0.25, 0.3) is 0 Å². The van der Waals surface area contributed by atoms with Crippen molar-refractivity contribution in [3.8, 4) is 16.9 Å². The smallest absolute Gasteiger partial charge is 0.419 e. The van der Waals surface area contributed by atoms with E-state index in [2.05, 4.69) is 9.97 Å². The zero-order chi connectivity index (χ0) is 28.0. The quantitative estimate of drug-likeness (QED) is 0.341. The molecule has 0 unspecified atom stereocenters. The molecule has 8 nitrogen and oxygen atoms in total. The molecule has 0 radical (unpaired) electrons. The SMILES string of the molecule is CCOC(=O)c1cncc(-c2cnc(N3CCC(Oc4ccccc4C(F)(F)F)CC3)c(C(=O)OCC)c2)c1. The normalized spacial score (nSPS) is 14.1. The topological polar surface area (TPSA) is 90.9 Å². The molecule has 39 heavy (non-hydrogen) atoms. The molecule has 2 aromatic heterocycles. The van der Waals surface area contributed by atoms with Crippen LogP contribution in [0.5, 0.6) is 5.75 Å². The molecular formula is C28H28F3N3O5. The van der Waals surface area contributed by atoms with Crippen molar-refractivity contribution < 1.29 is 37.0 Å². The molecule has 0 atom stereocenters. The molecule has 0 aliphatic carbocycles. The van der Waals surface area contributed by atoms with E-state index in [9.17, 15) is 22.8 Å². The molecule has 4 rings (SSSR count). The average molecular weight is 544 g/mol. The number of aromatic nitrogens is 2. The van der Waals surface area contributed by atoms with E-state index in [1.807, 2.05) is 4.90 Å². The molecule has 1 aromatic carbocycles. The molecule has 3 aromatic rings. The lowest BCUT2D eigenvalue weighted by molar-refractivity contribution is -0.139. The number of anilines is 1. The fraction of sp³-hybridized carbons (Fsp3) is 0.357. The van der Waals surface area contributed by atoms with Crippen molar-refractivity contribution in [1.29, 1.82) is 0 Å². The number of ether oxygens (including phenoxy) is 3. The molecule has 0 bridgehead atoms. The Labute approximate surface area is 223 Å². The van der Waals surface area contributed by atoms with E-state index in [0.717, 1.165) is 6.07 Å². The summed E-state index contributed by atoms with van der Waals surface area (Å²) in [7, 11) is 0. The third kappa shape index (κ3) is 6.65. The molecule has 0 spiro atoms. The monoisotopic (exact) mass is 543 g/mol. The third-order valence-corrected chi connectivity index (χ3v) is 6.17. The van der Waals surface area contributed by atoms with Gasteiger partial charge in [0.15, 0.2) is 0 Å². The standard InChI is InChI=1S/C28H28F3N3O5/c1-3-37-26(35)20-13-18(15-32-16-20)19-14-22(27(36)38-4-2)25(33-17-19)34-11-9-21(10-12-34)39-24-8-6-5-7-23(24)28(29,30)31/h5-8,13-17,21H,3-4,9-12H2,1-2H3. The van der Waals surface area contributed by atoms with Gasteiger partial charge < -0.3 is 19.1 Å². The van der Waals surface area contributed by atoms with Crippen molar-refractivity contribution >= 4 is 17.8 Å². The van der Waals surface area contributed by atoms with Gasteiger partial charge in [-0.05, 0) is 38.1 Å². The largest absolute Gasteiger partial charge is 0.490 e. The van der Waals surface area contributed by atoms with Crippen LogP contribution < -0.4 is 9.64 Å². The zero-order valence-electron chi connectivity index (χ0n) is 21.5. The Morgan fingerprint density at radius 1 is 0.949 bits per heavy atom.